The molecule has 0 radical (unpaired) electrons. The summed E-state index contributed by atoms with van der Waals surface area (Å²) in [6, 6.07) is 2.68. The topological polar surface area (TPSA) is 89.3 Å². The van der Waals surface area contributed by atoms with Crippen LogP contribution < -0.4 is 10.5 Å². The number of hydrogen-bond donors (Lipinski definition) is 2. The molecule has 21 heavy (non-hydrogen) atoms. The molecule has 0 spiro atoms. The zero-order valence-corrected chi connectivity index (χ0v) is 14.2. The molecule has 0 aliphatic carbocycles. The number of carbonyl (C=O) groups excluding carboxylic acids is 1. The van der Waals surface area contributed by atoms with Gasteiger partial charge in [0.15, 0.2) is 0 Å². The number of nitrogens with two attached hydrogens (primary N) is 1. The molecule has 0 aromatic heterocycles. The Bertz CT molecular complexity index is 642. The lowest BCUT2D eigenvalue weighted by Gasteiger charge is -2.17. The smallest absolute Gasteiger partial charge is 0.251 e. The number of carbonyl (C=O) groups is 1. The Morgan fingerprint density at radius 2 is 1.90 bits per heavy atom. The molecule has 0 aliphatic rings. The second-order valence-electron chi connectivity index (χ2n) is 5.63. The SMILES string of the molecule is Cc1c(C(=O)NC(C)CC(C)C)cc(Cl)cc1S(N)(=O)=O. The summed E-state index contributed by atoms with van der Waals surface area (Å²) in [5, 5.41) is 8.14. The van der Waals surface area contributed by atoms with Gasteiger partial charge >= 0.3 is 0 Å². The van der Waals surface area contributed by atoms with Crippen molar-refractivity contribution in [3.8, 4) is 0 Å². The van der Waals surface area contributed by atoms with Crippen LogP contribution in [0.2, 0.25) is 5.02 Å². The fourth-order valence-electron chi connectivity index (χ4n) is 2.25. The van der Waals surface area contributed by atoms with Crippen molar-refractivity contribution in [2.24, 2.45) is 11.1 Å². The Kier molecular flexibility index (Phi) is 5.78. The van der Waals surface area contributed by atoms with Crippen LogP contribution in [0.3, 0.4) is 0 Å². The summed E-state index contributed by atoms with van der Waals surface area (Å²) >= 11 is 5.89. The summed E-state index contributed by atoms with van der Waals surface area (Å²) in [6.07, 6.45) is 0.827. The summed E-state index contributed by atoms with van der Waals surface area (Å²) in [6.45, 7) is 7.56. The molecule has 1 rings (SSSR count). The number of primary sulfonamides is 1. The van der Waals surface area contributed by atoms with Crippen molar-refractivity contribution in [1.82, 2.24) is 5.32 Å². The Balaban J connectivity index is 3.14. The van der Waals surface area contributed by atoms with Crippen LogP contribution in [0.25, 0.3) is 0 Å². The highest BCUT2D eigenvalue weighted by molar-refractivity contribution is 7.89. The first-order valence-electron chi connectivity index (χ1n) is 6.66. The minimum Gasteiger partial charge on any atom is -0.350 e. The van der Waals surface area contributed by atoms with Crippen LogP contribution in [0.1, 0.15) is 43.1 Å². The molecule has 0 saturated heterocycles. The summed E-state index contributed by atoms with van der Waals surface area (Å²) in [5.41, 5.74) is 0.526. The van der Waals surface area contributed by atoms with Crippen molar-refractivity contribution >= 4 is 27.5 Å². The summed E-state index contributed by atoms with van der Waals surface area (Å²) in [4.78, 5) is 12.2. The van der Waals surface area contributed by atoms with E-state index < -0.39 is 10.0 Å². The van der Waals surface area contributed by atoms with Gasteiger partial charge in [-0.2, -0.15) is 0 Å². The van der Waals surface area contributed by atoms with E-state index in [2.05, 4.69) is 19.2 Å². The molecule has 0 fully saturated rings. The van der Waals surface area contributed by atoms with Crippen LogP contribution in [0.5, 0.6) is 0 Å². The van der Waals surface area contributed by atoms with Gasteiger partial charge in [0.1, 0.15) is 0 Å². The van der Waals surface area contributed by atoms with E-state index >= 15 is 0 Å². The Hall–Kier alpha value is -1.11. The van der Waals surface area contributed by atoms with Crippen LogP contribution in [0, 0.1) is 12.8 Å². The van der Waals surface area contributed by atoms with Crippen LogP contribution in [0.15, 0.2) is 17.0 Å². The van der Waals surface area contributed by atoms with E-state index in [0.717, 1.165) is 6.42 Å². The predicted molar refractivity (Wildman–Crippen MR) is 83.9 cm³/mol. The van der Waals surface area contributed by atoms with Crippen LogP contribution in [0.4, 0.5) is 0 Å². The number of rotatable bonds is 5. The predicted octanol–water partition coefficient (Wildman–Crippen LogP) is 2.46. The van der Waals surface area contributed by atoms with Gasteiger partial charge in [0.2, 0.25) is 10.0 Å². The third-order valence-corrected chi connectivity index (χ3v) is 4.33. The van der Waals surface area contributed by atoms with Gasteiger partial charge in [0.25, 0.3) is 5.91 Å². The zero-order valence-electron chi connectivity index (χ0n) is 12.6. The third kappa shape index (κ3) is 4.98. The molecular formula is C14H21ClN2O3S. The maximum atomic E-state index is 12.3. The summed E-state index contributed by atoms with van der Waals surface area (Å²) in [7, 11) is -3.92. The van der Waals surface area contributed by atoms with Crippen molar-refractivity contribution in [2.45, 2.75) is 45.1 Å². The molecule has 5 nitrogen and oxygen atoms in total. The molecule has 118 valence electrons. The first kappa shape index (κ1) is 17.9. The summed E-state index contributed by atoms with van der Waals surface area (Å²) in [5.74, 6) is 0.0915. The van der Waals surface area contributed by atoms with E-state index in [9.17, 15) is 13.2 Å². The lowest BCUT2D eigenvalue weighted by molar-refractivity contribution is 0.0935. The number of nitrogens with one attached hydrogen (secondary N) is 1. The normalized spacial score (nSPS) is 13.3. The molecule has 1 aromatic rings. The minimum atomic E-state index is -3.92. The fraction of sp³-hybridized carbons (Fsp3) is 0.500. The van der Waals surface area contributed by atoms with Crippen LogP contribution in [-0.4, -0.2) is 20.4 Å². The molecule has 1 unspecified atom stereocenters. The van der Waals surface area contributed by atoms with Crippen molar-refractivity contribution in [3.63, 3.8) is 0 Å². The van der Waals surface area contributed by atoms with Gasteiger partial charge in [-0.25, -0.2) is 13.6 Å². The van der Waals surface area contributed by atoms with Gasteiger partial charge < -0.3 is 5.32 Å². The molecule has 0 heterocycles. The second kappa shape index (κ2) is 6.77. The van der Waals surface area contributed by atoms with E-state index in [1.54, 1.807) is 0 Å². The number of benzene rings is 1. The molecule has 1 amide bonds. The molecule has 0 bridgehead atoms. The van der Waals surface area contributed by atoms with E-state index in [0.29, 0.717) is 11.5 Å². The number of sulfonamides is 1. The van der Waals surface area contributed by atoms with Gasteiger partial charge in [-0.05, 0) is 43.9 Å². The van der Waals surface area contributed by atoms with Gasteiger partial charge in [-0.3, -0.25) is 4.79 Å². The molecular weight excluding hydrogens is 312 g/mol. The average molecular weight is 333 g/mol. The van der Waals surface area contributed by atoms with E-state index in [4.69, 9.17) is 16.7 Å². The highest BCUT2D eigenvalue weighted by Crippen LogP contribution is 2.23. The molecule has 0 aliphatic heterocycles. The fourth-order valence-corrected chi connectivity index (χ4v) is 3.36. The number of halogens is 1. The maximum Gasteiger partial charge on any atom is 0.251 e. The monoisotopic (exact) mass is 332 g/mol. The molecule has 0 saturated carbocycles. The van der Waals surface area contributed by atoms with Crippen LogP contribution in [-0.2, 0) is 10.0 Å². The molecule has 1 atom stereocenters. The van der Waals surface area contributed by atoms with Crippen LogP contribution >= 0.6 is 11.6 Å². The maximum absolute atomic E-state index is 12.3. The van der Waals surface area contributed by atoms with E-state index in [1.807, 2.05) is 6.92 Å². The van der Waals surface area contributed by atoms with Crippen molar-refractivity contribution < 1.29 is 13.2 Å². The summed E-state index contributed by atoms with van der Waals surface area (Å²) < 4.78 is 23.1. The highest BCUT2D eigenvalue weighted by atomic mass is 35.5. The van der Waals surface area contributed by atoms with Crippen molar-refractivity contribution in [1.29, 1.82) is 0 Å². The van der Waals surface area contributed by atoms with Gasteiger partial charge in [0, 0.05) is 16.6 Å². The first-order chi connectivity index (χ1) is 9.52. The lowest BCUT2D eigenvalue weighted by Crippen LogP contribution is -2.34. The average Bonchev–Trinajstić information content (AvgIpc) is 2.28. The number of amides is 1. The highest BCUT2D eigenvalue weighted by Gasteiger charge is 2.20. The Labute approximate surface area is 130 Å². The van der Waals surface area contributed by atoms with Crippen molar-refractivity contribution in [2.75, 3.05) is 0 Å². The molecule has 1 aromatic carbocycles. The molecule has 3 N–H and O–H groups in total. The zero-order chi connectivity index (χ0) is 16.4. The Morgan fingerprint density at radius 1 is 1.33 bits per heavy atom. The Morgan fingerprint density at radius 3 is 2.38 bits per heavy atom. The molecule has 7 heteroatoms. The second-order valence-corrected chi connectivity index (χ2v) is 7.59. The van der Waals surface area contributed by atoms with Gasteiger partial charge in [0.05, 0.1) is 4.90 Å². The quantitative estimate of drug-likeness (QED) is 0.867. The van der Waals surface area contributed by atoms with E-state index in [-0.39, 0.29) is 27.4 Å². The van der Waals surface area contributed by atoms with E-state index in [1.165, 1.54) is 19.1 Å². The lowest BCUT2D eigenvalue weighted by atomic mass is 10.0. The van der Waals surface area contributed by atoms with Gasteiger partial charge in [-0.1, -0.05) is 25.4 Å². The van der Waals surface area contributed by atoms with Crippen molar-refractivity contribution in [3.05, 3.63) is 28.3 Å². The minimum absolute atomic E-state index is 0.0196. The van der Waals surface area contributed by atoms with Gasteiger partial charge in [-0.15, -0.1) is 0 Å². The standard InChI is InChI=1S/C14H21ClN2O3S/c1-8(2)5-9(3)17-14(18)12-6-11(15)7-13(10(12)4)21(16,19)20/h6-9H,5H2,1-4H3,(H,17,18)(H2,16,19,20). The third-order valence-electron chi connectivity index (χ3n) is 3.08. The number of hydrogen-bond acceptors (Lipinski definition) is 3. The largest absolute Gasteiger partial charge is 0.350 e. The first-order valence-corrected chi connectivity index (χ1v) is 8.58.